The van der Waals surface area contributed by atoms with Crippen LogP contribution in [0.25, 0.3) is 0 Å². The molecule has 1 N–H and O–H groups in total. The first kappa shape index (κ1) is 10.4. The van der Waals surface area contributed by atoms with Crippen LogP contribution in [0.15, 0.2) is 0 Å². The highest BCUT2D eigenvalue weighted by Crippen LogP contribution is 1.89. The zero-order valence-electron chi connectivity index (χ0n) is 7.68. The van der Waals surface area contributed by atoms with Gasteiger partial charge in [0.2, 0.25) is 5.91 Å². The lowest BCUT2D eigenvalue weighted by Gasteiger charge is -2.17. The van der Waals surface area contributed by atoms with Crippen LogP contribution in [0, 0.1) is 0 Å². The summed E-state index contributed by atoms with van der Waals surface area (Å²) in [6.07, 6.45) is 1.10. The number of nitrogens with one attached hydrogen (secondary N) is 1. The van der Waals surface area contributed by atoms with Gasteiger partial charge in [-0.05, 0) is 19.5 Å². The summed E-state index contributed by atoms with van der Waals surface area (Å²) < 4.78 is 0. The molecule has 1 amide bonds. The number of amides is 1. The topological polar surface area (TPSA) is 32.3 Å². The lowest BCUT2D eigenvalue weighted by Crippen LogP contribution is -2.35. The fourth-order valence-corrected chi connectivity index (χ4v) is 0.947. The Labute approximate surface area is 68.8 Å². The molecule has 0 radical (unpaired) electrons. The van der Waals surface area contributed by atoms with Crippen molar-refractivity contribution in [2.45, 2.75) is 20.3 Å². The molecule has 0 spiro atoms. The predicted octanol–water partition coefficient (Wildman–Crippen LogP) is 0.464. The van der Waals surface area contributed by atoms with Gasteiger partial charge in [0.05, 0.1) is 6.54 Å². The van der Waals surface area contributed by atoms with E-state index in [1.54, 1.807) is 7.05 Å². The molecule has 0 aromatic heterocycles. The Morgan fingerprint density at radius 2 is 2.09 bits per heavy atom. The first-order valence-electron chi connectivity index (χ1n) is 4.17. The average molecular weight is 158 g/mol. The van der Waals surface area contributed by atoms with E-state index in [0.717, 1.165) is 19.5 Å². The van der Waals surface area contributed by atoms with Crippen molar-refractivity contribution in [2.75, 3.05) is 26.7 Å². The summed E-state index contributed by atoms with van der Waals surface area (Å²) >= 11 is 0. The molecule has 0 aromatic carbocycles. The first-order chi connectivity index (χ1) is 5.24. The van der Waals surface area contributed by atoms with Gasteiger partial charge in [0.15, 0.2) is 0 Å². The second-order valence-corrected chi connectivity index (χ2v) is 2.54. The van der Waals surface area contributed by atoms with Crippen molar-refractivity contribution in [1.82, 2.24) is 10.2 Å². The molecule has 3 heteroatoms. The van der Waals surface area contributed by atoms with E-state index in [1.807, 2.05) is 0 Å². The van der Waals surface area contributed by atoms with E-state index in [2.05, 4.69) is 24.1 Å². The van der Waals surface area contributed by atoms with Gasteiger partial charge in [-0.2, -0.15) is 0 Å². The predicted molar refractivity (Wildman–Crippen MR) is 46.5 cm³/mol. The van der Waals surface area contributed by atoms with Crippen molar-refractivity contribution in [1.29, 1.82) is 0 Å². The van der Waals surface area contributed by atoms with Crippen molar-refractivity contribution in [3.05, 3.63) is 0 Å². The second kappa shape index (κ2) is 6.16. The normalized spacial score (nSPS) is 10.2. The number of rotatable bonds is 5. The summed E-state index contributed by atoms with van der Waals surface area (Å²) in [5, 5.41) is 2.61. The van der Waals surface area contributed by atoms with Crippen LogP contribution in [-0.4, -0.2) is 37.5 Å². The maximum absolute atomic E-state index is 10.9. The van der Waals surface area contributed by atoms with Crippen LogP contribution in [0.3, 0.4) is 0 Å². The van der Waals surface area contributed by atoms with E-state index in [-0.39, 0.29) is 5.91 Å². The van der Waals surface area contributed by atoms with Gasteiger partial charge in [-0.25, -0.2) is 0 Å². The highest BCUT2D eigenvalue weighted by atomic mass is 16.1. The van der Waals surface area contributed by atoms with Crippen LogP contribution >= 0.6 is 0 Å². The third-order valence-electron chi connectivity index (χ3n) is 1.63. The molecule has 66 valence electrons. The van der Waals surface area contributed by atoms with Gasteiger partial charge in [0, 0.05) is 7.05 Å². The van der Waals surface area contributed by atoms with Crippen molar-refractivity contribution >= 4 is 5.91 Å². The Morgan fingerprint density at radius 3 is 2.45 bits per heavy atom. The smallest absolute Gasteiger partial charge is 0.233 e. The van der Waals surface area contributed by atoms with E-state index >= 15 is 0 Å². The lowest BCUT2D eigenvalue weighted by molar-refractivity contribution is -0.121. The molecular formula is C8H18N2O. The standard InChI is InChI=1S/C8H18N2O/c1-4-6-10(5-2)7-8(11)9-3/h4-7H2,1-3H3,(H,9,11). The van der Waals surface area contributed by atoms with Crippen molar-refractivity contribution in [3.8, 4) is 0 Å². The van der Waals surface area contributed by atoms with E-state index in [4.69, 9.17) is 0 Å². The molecule has 0 aromatic rings. The SMILES string of the molecule is CCCN(CC)CC(=O)NC. The van der Waals surface area contributed by atoms with Crippen molar-refractivity contribution in [3.63, 3.8) is 0 Å². The Hall–Kier alpha value is -0.570. The van der Waals surface area contributed by atoms with E-state index < -0.39 is 0 Å². The molecule has 0 aliphatic rings. The molecule has 0 saturated carbocycles. The Morgan fingerprint density at radius 1 is 1.45 bits per heavy atom. The minimum atomic E-state index is 0.0975. The van der Waals surface area contributed by atoms with Crippen LogP contribution in [0.1, 0.15) is 20.3 Å². The summed E-state index contributed by atoms with van der Waals surface area (Å²) in [4.78, 5) is 13.0. The number of hydrogen-bond donors (Lipinski definition) is 1. The van der Waals surface area contributed by atoms with E-state index in [9.17, 15) is 4.79 Å². The van der Waals surface area contributed by atoms with Crippen molar-refractivity contribution < 1.29 is 4.79 Å². The van der Waals surface area contributed by atoms with Crippen LogP contribution in [0.4, 0.5) is 0 Å². The molecule has 0 fully saturated rings. The van der Waals surface area contributed by atoms with Crippen LogP contribution in [0.5, 0.6) is 0 Å². The minimum absolute atomic E-state index is 0.0975. The first-order valence-corrected chi connectivity index (χ1v) is 4.17. The van der Waals surface area contributed by atoms with Gasteiger partial charge in [-0.15, -0.1) is 0 Å². The molecule has 0 aliphatic heterocycles. The maximum Gasteiger partial charge on any atom is 0.233 e. The van der Waals surface area contributed by atoms with Gasteiger partial charge >= 0.3 is 0 Å². The average Bonchev–Trinajstić information content (AvgIpc) is 2.03. The van der Waals surface area contributed by atoms with Gasteiger partial charge in [0.25, 0.3) is 0 Å². The zero-order chi connectivity index (χ0) is 8.69. The fourth-order valence-electron chi connectivity index (χ4n) is 0.947. The molecule has 0 bridgehead atoms. The van der Waals surface area contributed by atoms with Crippen LogP contribution in [0.2, 0.25) is 0 Å². The quantitative estimate of drug-likeness (QED) is 0.630. The van der Waals surface area contributed by atoms with Gasteiger partial charge in [-0.1, -0.05) is 13.8 Å². The Bertz CT molecular complexity index is 115. The highest BCUT2D eigenvalue weighted by Gasteiger charge is 2.04. The molecule has 0 rings (SSSR count). The molecular weight excluding hydrogens is 140 g/mol. The summed E-state index contributed by atoms with van der Waals surface area (Å²) in [6.45, 7) is 6.66. The summed E-state index contributed by atoms with van der Waals surface area (Å²) in [7, 11) is 1.67. The molecule has 0 heterocycles. The van der Waals surface area contributed by atoms with E-state index in [0.29, 0.717) is 6.54 Å². The largest absolute Gasteiger partial charge is 0.358 e. The zero-order valence-corrected chi connectivity index (χ0v) is 7.68. The van der Waals surface area contributed by atoms with Crippen LogP contribution in [-0.2, 0) is 4.79 Å². The van der Waals surface area contributed by atoms with Gasteiger partial charge in [0.1, 0.15) is 0 Å². The Balaban J connectivity index is 3.58. The van der Waals surface area contributed by atoms with Gasteiger partial charge < -0.3 is 5.32 Å². The molecule has 11 heavy (non-hydrogen) atoms. The minimum Gasteiger partial charge on any atom is -0.358 e. The molecule has 0 atom stereocenters. The van der Waals surface area contributed by atoms with E-state index in [1.165, 1.54) is 0 Å². The third kappa shape index (κ3) is 4.79. The van der Waals surface area contributed by atoms with Crippen LogP contribution < -0.4 is 5.32 Å². The summed E-state index contributed by atoms with van der Waals surface area (Å²) in [5.74, 6) is 0.0975. The fraction of sp³-hybridized carbons (Fsp3) is 0.875. The maximum atomic E-state index is 10.9. The highest BCUT2D eigenvalue weighted by molar-refractivity contribution is 5.77. The molecule has 0 saturated heterocycles. The molecule has 0 aliphatic carbocycles. The lowest BCUT2D eigenvalue weighted by atomic mass is 10.4. The second-order valence-electron chi connectivity index (χ2n) is 2.54. The summed E-state index contributed by atoms with van der Waals surface area (Å²) in [5.41, 5.74) is 0. The third-order valence-corrected chi connectivity index (χ3v) is 1.63. The molecule has 3 nitrogen and oxygen atoms in total. The number of carbonyl (C=O) groups is 1. The van der Waals surface area contributed by atoms with Crippen molar-refractivity contribution in [2.24, 2.45) is 0 Å². The number of carbonyl (C=O) groups excluding carboxylic acids is 1. The number of likely N-dealkylation sites (N-methyl/N-ethyl adjacent to an activating group) is 2. The number of hydrogen-bond acceptors (Lipinski definition) is 2. The summed E-state index contributed by atoms with van der Waals surface area (Å²) in [6, 6.07) is 0. The Kier molecular flexibility index (Phi) is 5.84. The monoisotopic (exact) mass is 158 g/mol. The van der Waals surface area contributed by atoms with Gasteiger partial charge in [-0.3, -0.25) is 9.69 Å². The number of nitrogens with zero attached hydrogens (tertiary/aromatic N) is 1. The molecule has 0 unspecified atom stereocenters.